The van der Waals surface area contributed by atoms with E-state index in [-0.39, 0.29) is 13.2 Å². The van der Waals surface area contributed by atoms with E-state index in [0.29, 0.717) is 11.5 Å². The van der Waals surface area contributed by atoms with Crippen molar-refractivity contribution in [2.75, 3.05) is 13.2 Å². The SMILES string of the molecule is O=C(O)COc1ccc(CNC(=O)C(O)COc2ccccc2)cc1. The molecule has 0 aliphatic heterocycles. The highest BCUT2D eigenvalue weighted by molar-refractivity contribution is 5.80. The van der Waals surface area contributed by atoms with Crippen molar-refractivity contribution in [3.8, 4) is 11.5 Å². The quantitative estimate of drug-likeness (QED) is 0.631. The van der Waals surface area contributed by atoms with Crippen LogP contribution in [-0.4, -0.2) is 41.4 Å². The number of carbonyl (C=O) groups excluding carboxylic acids is 1. The number of aliphatic hydroxyl groups is 1. The molecule has 25 heavy (non-hydrogen) atoms. The Balaban J connectivity index is 1.74. The zero-order chi connectivity index (χ0) is 18.1. The summed E-state index contributed by atoms with van der Waals surface area (Å²) in [5.74, 6) is -0.592. The number of amides is 1. The summed E-state index contributed by atoms with van der Waals surface area (Å²) < 4.78 is 10.3. The van der Waals surface area contributed by atoms with E-state index >= 15 is 0 Å². The number of carboxylic acid groups (broad SMARTS) is 1. The molecule has 1 unspecified atom stereocenters. The Kier molecular flexibility index (Phi) is 6.79. The van der Waals surface area contributed by atoms with Gasteiger partial charge < -0.3 is 25.0 Å². The van der Waals surface area contributed by atoms with Crippen LogP contribution in [0, 0.1) is 0 Å². The minimum absolute atomic E-state index is 0.141. The van der Waals surface area contributed by atoms with Gasteiger partial charge in [-0.05, 0) is 29.8 Å². The lowest BCUT2D eigenvalue weighted by Gasteiger charge is -2.13. The summed E-state index contributed by atoms with van der Waals surface area (Å²) in [6.45, 7) is -0.331. The van der Waals surface area contributed by atoms with Crippen molar-refractivity contribution < 1.29 is 29.3 Å². The van der Waals surface area contributed by atoms with Crippen molar-refractivity contribution in [2.45, 2.75) is 12.6 Å². The summed E-state index contributed by atoms with van der Waals surface area (Å²) in [7, 11) is 0. The average Bonchev–Trinajstić information content (AvgIpc) is 2.64. The average molecular weight is 345 g/mol. The van der Waals surface area contributed by atoms with Gasteiger partial charge >= 0.3 is 5.97 Å². The van der Waals surface area contributed by atoms with Gasteiger partial charge in [-0.15, -0.1) is 0 Å². The van der Waals surface area contributed by atoms with Crippen LogP contribution >= 0.6 is 0 Å². The van der Waals surface area contributed by atoms with Gasteiger partial charge in [0, 0.05) is 6.54 Å². The maximum Gasteiger partial charge on any atom is 0.341 e. The van der Waals surface area contributed by atoms with Gasteiger partial charge in [-0.1, -0.05) is 30.3 Å². The Labute approximate surface area is 144 Å². The first-order chi connectivity index (χ1) is 12.0. The van der Waals surface area contributed by atoms with Crippen LogP contribution in [0.2, 0.25) is 0 Å². The third kappa shape index (κ3) is 6.52. The maximum atomic E-state index is 11.9. The summed E-state index contributed by atoms with van der Waals surface area (Å²) in [5, 5.41) is 20.9. The van der Waals surface area contributed by atoms with E-state index in [1.54, 1.807) is 48.5 Å². The number of benzene rings is 2. The van der Waals surface area contributed by atoms with Crippen LogP contribution in [0.5, 0.6) is 11.5 Å². The molecule has 0 aromatic heterocycles. The Morgan fingerprint density at radius 3 is 2.24 bits per heavy atom. The molecule has 2 rings (SSSR count). The third-order valence-electron chi connectivity index (χ3n) is 3.21. The number of aliphatic carboxylic acids is 1. The molecule has 1 amide bonds. The molecule has 0 aliphatic carbocycles. The summed E-state index contributed by atoms with van der Waals surface area (Å²) in [5.41, 5.74) is 0.784. The van der Waals surface area contributed by atoms with E-state index in [1.165, 1.54) is 0 Å². The molecular weight excluding hydrogens is 326 g/mol. The molecule has 2 aromatic rings. The normalized spacial score (nSPS) is 11.4. The molecule has 0 fully saturated rings. The van der Waals surface area contributed by atoms with Crippen molar-refractivity contribution in [1.29, 1.82) is 0 Å². The van der Waals surface area contributed by atoms with Crippen LogP contribution in [0.25, 0.3) is 0 Å². The topological polar surface area (TPSA) is 105 Å². The first-order valence-corrected chi connectivity index (χ1v) is 7.62. The second-order valence-corrected chi connectivity index (χ2v) is 5.18. The molecule has 0 saturated heterocycles. The number of carboxylic acids is 1. The van der Waals surface area contributed by atoms with E-state index in [4.69, 9.17) is 14.6 Å². The second-order valence-electron chi connectivity index (χ2n) is 5.18. The number of carbonyl (C=O) groups is 2. The smallest absolute Gasteiger partial charge is 0.341 e. The molecule has 0 heterocycles. The monoisotopic (exact) mass is 345 g/mol. The molecule has 0 spiro atoms. The number of hydrogen-bond donors (Lipinski definition) is 3. The van der Waals surface area contributed by atoms with Gasteiger partial charge in [-0.25, -0.2) is 4.79 Å². The van der Waals surface area contributed by atoms with Crippen LogP contribution in [0.15, 0.2) is 54.6 Å². The van der Waals surface area contributed by atoms with E-state index in [9.17, 15) is 14.7 Å². The molecule has 0 aliphatic rings. The zero-order valence-electron chi connectivity index (χ0n) is 13.4. The van der Waals surface area contributed by atoms with Gasteiger partial charge in [0.1, 0.15) is 18.1 Å². The lowest BCUT2D eigenvalue weighted by atomic mass is 10.2. The van der Waals surface area contributed by atoms with Crippen molar-refractivity contribution in [3.63, 3.8) is 0 Å². The lowest BCUT2D eigenvalue weighted by Crippen LogP contribution is -2.37. The van der Waals surface area contributed by atoms with E-state index in [1.807, 2.05) is 6.07 Å². The Morgan fingerprint density at radius 1 is 0.960 bits per heavy atom. The molecule has 2 aromatic carbocycles. The number of hydrogen-bond acceptors (Lipinski definition) is 5. The molecule has 0 bridgehead atoms. The summed E-state index contributed by atoms with van der Waals surface area (Å²) in [4.78, 5) is 22.3. The highest BCUT2D eigenvalue weighted by Crippen LogP contribution is 2.12. The molecule has 0 saturated carbocycles. The van der Waals surface area contributed by atoms with Gasteiger partial charge in [0.15, 0.2) is 12.7 Å². The van der Waals surface area contributed by atoms with Crippen molar-refractivity contribution in [2.24, 2.45) is 0 Å². The summed E-state index contributed by atoms with van der Waals surface area (Å²) in [6, 6.07) is 15.5. The molecule has 0 radical (unpaired) electrons. The molecule has 7 heteroatoms. The van der Waals surface area contributed by atoms with Crippen LogP contribution in [0.4, 0.5) is 0 Å². The zero-order valence-corrected chi connectivity index (χ0v) is 13.4. The molecule has 3 N–H and O–H groups in total. The van der Waals surface area contributed by atoms with E-state index in [2.05, 4.69) is 5.32 Å². The molecule has 1 atom stereocenters. The van der Waals surface area contributed by atoms with Gasteiger partial charge in [-0.3, -0.25) is 4.79 Å². The Bertz CT molecular complexity index is 686. The predicted octanol–water partition coefficient (Wildman–Crippen LogP) is 1.21. The van der Waals surface area contributed by atoms with Crippen molar-refractivity contribution in [1.82, 2.24) is 5.32 Å². The van der Waals surface area contributed by atoms with Gasteiger partial charge in [0.2, 0.25) is 0 Å². The van der Waals surface area contributed by atoms with Crippen LogP contribution in [0.3, 0.4) is 0 Å². The number of para-hydroxylation sites is 1. The van der Waals surface area contributed by atoms with Crippen LogP contribution in [-0.2, 0) is 16.1 Å². The van der Waals surface area contributed by atoms with Crippen LogP contribution in [0.1, 0.15) is 5.56 Å². The lowest BCUT2D eigenvalue weighted by molar-refractivity contribution is -0.139. The van der Waals surface area contributed by atoms with Gasteiger partial charge in [0.05, 0.1) is 0 Å². The largest absolute Gasteiger partial charge is 0.490 e. The fraction of sp³-hybridized carbons (Fsp3) is 0.222. The molecular formula is C18H19NO6. The number of ether oxygens (including phenoxy) is 2. The third-order valence-corrected chi connectivity index (χ3v) is 3.21. The minimum Gasteiger partial charge on any atom is -0.490 e. The first kappa shape index (κ1) is 18.3. The van der Waals surface area contributed by atoms with E-state index in [0.717, 1.165) is 5.56 Å². The fourth-order valence-electron chi connectivity index (χ4n) is 1.92. The fourth-order valence-corrected chi connectivity index (χ4v) is 1.92. The number of aliphatic hydroxyl groups excluding tert-OH is 1. The molecule has 7 nitrogen and oxygen atoms in total. The van der Waals surface area contributed by atoms with Gasteiger partial charge in [0.25, 0.3) is 5.91 Å². The Hall–Kier alpha value is -3.06. The highest BCUT2D eigenvalue weighted by Gasteiger charge is 2.15. The van der Waals surface area contributed by atoms with Gasteiger partial charge in [-0.2, -0.15) is 0 Å². The number of nitrogens with one attached hydrogen (secondary N) is 1. The van der Waals surface area contributed by atoms with E-state index < -0.39 is 24.6 Å². The predicted molar refractivity (Wildman–Crippen MR) is 89.4 cm³/mol. The first-order valence-electron chi connectivity index (χ1n) is 7.62. The summed E-state index contributed by atoms with van der Waals surface area (Å²) >= 11 is 0. The van der Waals surface area contributed by atoms with Crippen molar-refractivity contribution >= 4 is 11.9 Å². The number of rotatable bonds is 9. The highest BCUT2D eigenvalue weighted by atomic mass is 16.5. The van der Waals surface area contributed by atoms with Crippen molar-refractivity contribution in [3.05, 3.63) is 60.2 Å². The summed E-state index contributed by atoms with van der Waals surface area (Å²) in [6.07, 6.45) is -1.28. The molecule has 132 valence electrons. The standard InChI is InChI=1S/C18H19NO6/c20-16(11-24-14-4-2-1-3-5-14)18(23)19-10-13-6-8-15(9-7-13)25-12-17(21)22/h1-9,16,20H,10-12H2,(H,19,23)(H,21,22). The Morgan fingerprint density at radius 2 is 1.60 bits per heavy atom. The maximum absolute atomic E-state index is 11.9. The second kappa shape index (κ2) is 9.29. The minimum atomic E-state index is -1.28. The van der Waals surface area contributed by atoms with Crippen LogP contribution < -0.4 is 14.8 Å².